The van der Waals surface area contributed by atoms with Gasteiger partial charge in [-0.3, -0.25) is 0 Å². The largest absolute Gasteiger partial charge is 0.0905 e. The minimum absolute atomic E-state index is 1.09. The van der Waals surface area contributed by atoms with Crippen LogP contribution in [0.4, 0.5) is 0 Å². The molecule has 0 heteroatoms. The Labute approximate surface area is 114 Å². The SMILES string of the molecule is C=C(c1ccccc1)c1c(C)ccc2ccccc12. The Balaban J connectivity index is 2.25. The van der Waals surface area contributed by atoms with Gasteiger partial charge in [-0.15, -0.1) is 0 Å². The molecular weight excluding hydrogens is 228 g/mol. The van der Waals surface area contributed by atoms with Gasteiger partial charge in [0.1, 0.15) is 0 Å². The molecule has 19 heavy (non-hydrogen) atoms. The summed E-state index contributed by atoms with van der Waals surface area (Å²) in [6.07, 6.45) is 0. The van der Waals surface area contributed by atoms with Crippen molar-refractivity contribution in [1.82, 2.24) is 0 Å². The summed E-state index contributed by atoms with van der Waals surface area (Å²) in [6.45, 7) is 6.45. The zero-order chi connectivity index (χ0) is 13.2. The first-order valence-electron chi connectivity index (χ1n) is 6.50. The molecule has 0 unspecified atom stereocenters. The monoisotopic (exact) mass is 244 g/mol. The van der Waals surface area contributed by atoms with Crippen LogP contribution in [0, 0.1) is 6.92 Å². The summed E-state index contributed by atoms with van der Waals surface area (Å²) < 4.78 is 0. The molecule has 0 atom stereocenters. The number of benzene rings is 3. The lowest BCUT2D eigenvalue weighted by Gasteiger charge is -2.13. The van der Waals surface area contributed by atoms with Crippen LogP contribution in [-0.2, 0) is 0 Å². The van der Waals surface area contributed by atoms with E-state index < -0.39 is 0 Å². The Morgan fingerprint density at radius 3 is 2.26 bits per heavy atom. The third kappa shape index (κ3) is 2.06. The van der Waals surface area contributed by atoms with E-state index in [1.807, 2.05) is 6.07 Å². The Hall–Kier alpha value is -2.34. The Bertz CT molecular complexity index is 736. The Morgan fingerprint density at radius 1 is 0.789 bits per heavy atom. The topological polar surface area (TPSA) is 0 Å². The van der Waals surface area contributed by atoms with Crippen LogP contribution in [0.25, 0.3) is 16.3 Å². The lowest BCUT2D eigenvalue weighted by Crippen LogP contribution is -1.92. The molecule has 0 saturated heterocycles. The molecule has 0 aliphatic rings. The third-order valence-electron chi connectivity index (χ3n) is 3.56. The standard InChI is InChI=1S/C19H16/c1-14-12-13-17-10-6-7-11-18(17)19(14)15(2)16-8-4-3-5-9-16/h3-13H,2H2,1H3. The van der Waals surface area contributed by atoms with E-state index in [2.05, 4.69) is 74.2 Å². The molecule has 92 valence electrons. The fraction of sp³-hybridized carbons (Fsp3) is 0.0526. The first-order valence-corrected chi connectivity index (χ1v) is 6.50. The highest BCUT2D eigenvalue weighted by Crippen LogP contribution is 2.31. The summed E-state index contributed by atoms with van der Waals surface area (Å²) in [5.41, 5.74) is 4.80. The summed E-state index contributed by atoms with van der Waals surface area (Å²) in [6, 6.07) is 23.2. The van der Waals surface area contributed by atoms with Crippen molar-refractivity contribution in [2.45, 2.75) is 6.92 Å². The van der Waals surface area contributed by atoms with Gasteiger partial charge in [0, 0.05) is 0 Å². The van der Waals surface area contributed by atoms with Crippen LogP contribution in [0.1, 0.15) is 16.7 Å². The number of hydrogen-bond acceptors (Lipinski definition) is 0. The van der Waals surface area contributed by atoms with Gasteiger partial charge in [0.05, 0.1) is 0 Å². The van der Waals surface area contributed by atoms with Gasteiger partial charge in [-0.2, -0.15) is 0 Å². The second kappa shape index (κ2) is 4.74. The second-order valence-corrected chi connectivity index (χ2v) is 4.82. The fourth-order valence-electron chi connectivity index (χ4n) is 2.56. The van der Waals surface area contributed by atoms with E-state index in [-0.39, 0.29) is 0 Å². The molecule has 3 aromatic rings. The van der Waals surface area contributed by atoms with Crippen LogP contribution in [0.15, 0.2) is 73.3 Å². The van der Waals surface area contributed by atoms with Crippen molar-refractivity contribution >= 4 is 16.3 Å². The second-order valence-electron chi connectivity index (χ2n) is 4.82. The fourth-order valence-corrected chi connectivity index (χ4v) is 2.56. The minimum Gasteiger partial charge on any atom is -0.0905 e. The summed E-state index contributed by atoms with van der Waals surface area (Å²) in [5.74, 6) is 0. The molecule has 3 rings (SSSR count). The average Bonchev–Trinajstić information content (AvgIpc) is 2.47. The van der Waals surface area contributed by atoms with Crippen molar-refractivity contribution in [3.8, 4) is 0 Å². The molecule has 0 heterocycles. The highest BCUT2D eigenvalue weighted by molar-refractivity contribution is 5.98. The summed E-state index contributed by atoms with van der Waals surface area (Å²) in [4.78, 5) is 0. The quantitative estimate of drug-likeness (QED) is 0.580. The van der Waals surface area contributed by atoms with Gasteiger partial charge in [0.15, 0.2) is 0 Å². The summed E-state index contributed by atoms with van der Waals surface area (Å²) >= 11 is 0. The van der Waals surface area contributed by atoms with E-state index in [0.29, 0.717) is 0 Å². The minimum atomic E-state index is 1.09. The van der Waals surface area contributed by atoms with E-state index in [0.717, 1.165) is 5.57 Å². The summed E-state index contributed by atoms with van der Waals surface area (Å²) in [7, 11) is 0. The molecule has 0 radical (unpaired) electrons. The van der Waals surface area contributed by atoms with Gasteiger partial charge in [0.2, 0.25) is 0 Å². The highest BCUT2D eigenvalue weighted by atomic mass is 14.1. The molecule has 0 amide bonds. The van der Waals surface area contributed by atoms with Crippen molar-refractivity contribution in [1.29, 1.82) is 0 Å². The summed E-state index contributed by atoms with van der Waals surface area (Å²) in [5, 5.41) is 2.54. The molecular formula is C19H16. The number of rotatable bonds is 2. The van der Waals surface area contributed by atoms with Crippen molar-refractivity contribution in [3.05, 3.63) is 90.0 Å². The molecule has 0 nitrogen and oxygen atoms in total. The molecule has 0 saturated carbocycles. The highest BCUT2D eigenvalue weighted by Gasteiger charge is 2.09. The van der Waals surface area contributed by atoms with E-state index in [1.165, 1.54) is 27.5 Å². The average molecular weight is 244 g/mol. The van der Waals surface area contributed by atoms with E-state index in [4.69, 9.17) is 0 Å². The number of aryl methyl sites for hydroxylation is 1. The Morgan fingerprint density at radius 2 is 1.47 bits per heavy atom. The number of fused-ring (bicyclic) bond motifs is 1. The lowest BCUT2D eigenvalue weighted by molar-refractivity contribution is 1.45. The molecule has 0 aliphatic carbocycles. The van der Waals surface area contributed by atoms with Crippen LogP contribution >= 0.6 is 0 Å². The molecule has 0 spiro atoms. The van der Waals surface area contributed by atoms with Crippen LogP contribution in [-0.4, -0.2) is 0 Å². The van der Waals surface area contributed by atoms with Crippen molar-refractivity contribution in [3.63, 3.8) is 0 Å². The zero-order valence-electron chi connectivity index (χ0n) is 11.1. The maximum absolute atomic E-state index is 4.31. The van der Waals surface area contributed by atoms with E-state index in [1.54, 1.807) is 0 Å². The van der Waals surface area contributed by atoms with Gasteiger partial charge >= 0.3 is 0 Å². The van der Waals surface area contributed by atoms with E-state index >= 15 is 0 Å². The zero-order valence-corrected chi connectivity index (χ0v) is 11.1. The first-order chi connectivity index (χ1) is 9.27. The predicted octanol–water partition coefficient (Wildman–Crippen LogP) is 5.21. The van der Waals surface area contributed by atoms with Gasteiger partial charge in [0.25, 0.3) is 0 Å². The maximum Gasteiger partial charge on any atom is -0.00761 e. The van der Waals surface area contributed by atoms with Gasteiger partial charge in [-0.1, -0.05) is 73.3 Å². The van der Waals surface area contributed by atoms with Crippen LogP contribution < -0.4 is 0 Å². The smallest absolute Gasteiger partial charge is 0.00761 e. The van der Waals surface area contributed by atoms with Crippen LogP contribution in [0.3, 0.4) is 0 Å². The van der Waals surface area contributed by atoms with Crippen LogP contribution in [0.5, 0.6) is 0 Å². The molecule has 3 aromatic carbocycles. The molecule has 0 fully saturated rings. The van der Waals surface area contributed by atoms with Gasteiger partial charge in [-0.25, -0.2) is 0 Å². The van der Waals surface area contributed by atoms with Crippen molar-refractivity contribution in [2.75, 3.05) is 0 Å². The van der Waals surface area contributed by atoms with Crippen molar-refractivity contribution in [2.24, 2.45) is 0 Å². The third-order valence-corrected chi connectivity index (χ3v) is 3.56. The van der Waals surface area contributed by atoms with Gasteiger partial charge < -0.3 is 0 Å². The van der Waals surface area contributed by atoms with Crippen LogP contribution in [0.2, 0.25) is 0 Å². The Kier molecular flexibility index (Phi) is 2.92. The first kappa shape index (κ1) is 11.7. The normalized spacial score (nSPS) is 10.6. The molecule has 0 aliphatic heterocycles. The molecule has 0 N–H and O–H groups in total. The molecule has 0 bridgehead atoms. The number of hydrogen-bond donors (Lipinski definition) is 0. The maximum atomic E-state index is 4.31. The van der Waals surface area contributed by atoms with E-state index in [9.17, 15) is 0 Å². The molecule has 0 aromatic heterocycles. The van der Waals surface area contributed by atoms with Gasteiger partial charge in [-0.05, 0) is 40.0 Å². The predicted molar refractivity (Wildman–Crippen MR) is 83.3 cm³/mol. The van der Waals surface area contributed by atoms with Crippen molar-refractivity contribution < 1.29 is 0 Å². The lowest BCUT2D eigenvalue weighted by atomic mass is 9.91.